The number of amides is 1. The standard InChI is InChI=1S/C16H14BrClFNO2/c1-20(9-10-7-11(18)3-6-15(10)22-2)16(21)13-8-12(19)4-5-14(13)17/h3-8H,9H2,1-2H3. The lowest BCUT2D eigenvalue weighted by Crippen LogP contribution is -2.26. The molecule has 0 spiro atoms. The van der Waals surface area contributed by atoms with E-state index in [-0.39, 0.29) is 11.5 Å². The van der Waals surface area contributed by atoms with Crippen LogP contribution < -0.4 is 4.74 Å². The van der Waals surface area contributed by atoms with Gasteiger partial charge in [-0.15, -0.1) is 0 Å². The molecule has 0 radical (unpaired) electrons. The van der Waals surface area contributed by atoms with Crippen molar-refractivity contribution in [2.45, 2.75) is 6.54 Å². The van der Waals surface area contributed by atoms with Crippen molar-refractivity contribution in [2.24, 2.45) is 0 Å². The zero-order chi connectivity index (χ0) is 16.3. The van der Waals surface area contributed by atoms with E-state index in [1.54, 1.807) is 32.4 Å². The molecule has 1 amide bonds. The Morgan fingerprint density at radius 3 is 2.73 bits per heavy atom. The number of carbonyl (C=O) groups excluding carboxylic acids is 1. The molecule has 0 aliphatic rings. The van der Waals surface area contributed by atoms with Crippen LogP contribution in [0.3, 0.4) is 0 Å². The summed E-state index contributed by atoms with van der Waals surface area (Å²) in [5.41, 5.74) is 1.04. The van der Waals surface area contributed by atoms with Gasteiger partial charge in [-0.25, -0.2) is 4.39 Å². The first-order chi connectivity index (χ1) is 10.4. The normalized spacial score (nSPS) is 10.4. The maximum Gasteiger partial charge on any atom is 0.255 e. The number of methoxy groups -OCH3 is 1. The molecule has 0 aliphatic heterocycles. The van der Waals surface area contributed by atoms with Crippen molar-refractivity contribution in [1.29, 1.82) is 0 Å². The van der Waals surface area contributed by atoms with E-state index in [4.69, 9.17) is 16.3 Å². The Hall–Kier alpha value is -1.59. The molecule has 0 unspecified atom stereocenters. The number of hydrogen-bond acceptors (Lipinski definition) is 2. The molecule has 3 nitrogen and oxygen atoms in total. The molecule has 0 saturated heterocycles. The second-order valence-electron chi connectivity index (χ2n) is 4.74. The largest absolute Gasteiger partial charge is 0.496 e. The number of ether oxygens (including phenoxy) is 1. The summed E-state index contributed by atoms with van der Waals surface area (Å²) in [5, 5.41) is 0.559. The zero-order valence-electron chi connectivity index (χ0n) is 12.1. The highest BCUT2D eigenvalue weighted by molar-refractivity contribution is 9.10. The van der Waals surface area contributed by atoms with Crippen LogP contribution in [0.1, 0.15) is 15.9 Å². The quantitative estimate of drug-likeness (QED) is 0.773. The van der Waals surface area contributed by atoms with Crippen LogP contribution in [0, 0.1) is 5.82 Å². The molecule has 0 atom stereocenters. The number of benzene rings is 2. The lowest BCUT2D eigenvalue weighted by molar-refractivity contribution is 0.0783. The summed E-state index contributed by atoms with van der Waals surface area (Å²) in [7, 11) is 3.19. The highest BCUT2D eigenvalue weighted by Gasteiger charge is 2.17. The monoisotopic (exact) mass is 385 g/mol. The summed E-state index contributed by atoms with van der Waals surface area (Å²) in [6.45, 7) is 0.297. The van der Waals surface area contributed by atoms with Crippen LogP contribution >= 0.6 is 27.5 Å². The average molecular weight is 387 g/mol. The van der Waals surface area contributed by atoms with Gasteiger partial charge in [0.05, 0.1) is 12.7 Å². The second-order valence-corrected chi connectivity index (χ2v) is 6.03. The fraction of sp³-hybridized carbons (Fsp3) is 0.188. The predicted molar refractivity (Wildman–Crippen MR) is 87.9 cm³/mol. The third kappa shape index (κ3) is 3.78. The third-order valence-corrected chi connectivity index (χ3v) is 4.08. The maximum absolute atomic E-state index is 13.3. The topological polar surface area (TPSA) is 29.5 Å². The van der Waals surface area contributed by atoms with Crippen molar-refractivity contribution >= 4 is 33.4 Å². The van der Waals surface area contributed by atoms with Crippen molar-refractivity contribution in [1.82, 2.24) is 4.90 Å². The van der Waals surface area contributed by atoms with Crippen LogP contribution in [0.4, 0.5) is 4.39 Å². The predicted octanol–water partition coefficient (Wildman–Crippen LogP) is 4.52. The minimum atomic E-state index is -0.458. The smallest absolute Gasteiger partial charge is 0.255 e. The molecule has 2 aromatic rings. The van der Waals surface area contributed by atoms with E-state index < -0.39 is 5.82 Å². The van der Waals surface area contributed by atoms with E-state index in [1.165, 1.54) is 23.1 Å². The van der Waals surface area contributed by atoms with E-state index in [0.29, 0.717) is 21.8 Å². The molecule has 0 heterocycles. The Balaban J connectivity index is 2.25. The molecule has 0 aromatic heterocycles. The van der Waals surface area contributed by atoms with Crippen molar-refractivity contribution in [2.75, 3.05) is 14.2 Å². The molecule has 22 heavy (non-hydrogen) atoms. The summed E-state index contributed by atoms with van der Waals surface area (Å²) >= 11 is 9.25. The van der Waals surface area contributed by atoms with Gasteiger partial charge in [0.1, 0.15) is 11.6 Å². The SMILES string of the molecule is COc1ccc(Cl)cc1CN(C)C(=O)c1cc(F)ccc1Br. The van der Waals surface area contributed by atoms with Gasteiger partial charge in [-0.3, -0.25) is 4.79 Å². The summed E-state index contributed by atoms with van der Waals surface area (Å²) in [5.74, 6) is -0.115. The highest BCUT2D eigenvalue weighted by atomic mass is 79.9. The van der Waals surface area contributed by atoms with Gasteiger partial charge in [-0.2, -0.15) is 0 Å². The van der Waals surface area contributed by atoms with Gasteiger partial charge in [0.25, 0.3) is 5.91 Å². The van der Waals surface area contributed by atoms with E-state index in [0.717, 1.165) is 5.56 Å². The number of halogens is 3. The van der Waals surface area contributed by atoms with Crippen LogP contribution in [0.25, 0.3) is 0 Å². The Labute approximate surface area is 141 Å². The van der Waals surface area contributed by atoms with Crippen molar-refractivity contribution in [3.8, 4) is 5.75 Å². The minimum absolute atomic E-state index is 0.267. The van der Waals surface area contributed by atoms with Crippen LogP contribution in [0.5, 0.6) is 5.75 Å². The van der Waals surface area contributed by atoms with Crippen LogP contribution in [-0.2, 0) is 6.54 Å². The fourth-order valence-electron chi connectivity index (χ4n) is 2.07. The Bertz CT molecular complexity index is 709. The van der Waals surface area contributed by atoms with Gasteiger partial charge in [0, 0.05) is 28.7 Å². The van der Waals surface area contributed by atoms with Crippen molar-refractivity contribution in [3.63, 3.8) is 0 Å². The maximum atomic E-state index is 13.3. The van der Waals surface area contributed by atoms with E-state index >= 15 is 0 Å². The third-order valence-electron chi connectivity index (χ3n) is 3.16. The summed E-state index contributed by atoms with van der Waals surface area (Å²) < 4.78 is 19.1. The average Bonchev–Trinajstić information content (AvgIpc) is 2.49. The second kappa shape index (κ2) is 7.11. The summed E-state index contributed by atoms with van der Waals surface area (Å²) in [4.78, 5) is 13.9. The Morgan fingerprint density at radius 1 is 1.32 bits per heavy atom. The number of hydrogen-bond donors (Lipinski definition) is 0. The molecule has 0 N–H and O–H groups in total. The van der Waals surface area contributed by atoms with E-state index in [1.807, 2.05) is 0 Å². The highest BCUT2D eigenvalue weighted by Crippen LogP contribution is 2.25. The Kier molecular flexibility index (Phi) is 5.42. The molecule has 0 aliphatic carbocycles. The lowest BCUT2D eigenvalue weighted by Gasteiger charge is -2.20. The fourth-order valence-corrected chi connectivity index (χ4v) is 2.68. The van der Waals surface area contributed by atoms with Gasteiger partial charge in [0.15, 0.2) is 0 Å². The van der Waals surface area contributed by atoms with Gasteiger partial charge in [-0.1, -0.05) is 11.6 Å². The van der Waals surface area contributed by atoms with Gasteiger partial charge in [0.2, 0.25) is 0 Å². The lowest BCUT2D eigenvalue weighted by atomic mass is 10.1. The summed E-state index contributed by atoms with van der Waals surface area (Å²) in [6, 6.07) is 9.21. The first-order valence-corrected chi connectivity index (χ1v) is 7.62. The number of carbonyl (C=O) groups is 1. The van der Waals surface area contributed by atoms with E-state index in [2.05, 4.69) is 15.9 Å². The molecule has 0 fully saturated rings. The van der Waals surface area contributed by atoms with E-state index in [9.17, 15) is 9.18 Å². The Morgan fingerprint density at radius 2 is 2.05 bits per heavy atom. The van der Waals surface area contributed by atoms with Crippen molar-refractivity contribution in [3.05, 3.63) is 62.8 Å². The number of nitrogens with zero attached hydrogens (tertiary/aromatic N) is 1. The molecule has 2 aromatic carbocycles. The molecule has 0 bridgehead atoms. The van der Waals surface area contributed by atoms with Crippen LogP contribution in [0.2, 0.25) is 5.02 Å². The number of rotatable bonds is 4. The van der Waals surface area contributed by atoms with Crippen molar-refractivity contribution < 1.29 is 13.9 Å². The first kappa shape index (κ1) is 16.8. The molecular weight excluding hydrogens is 373 g/mol. The van der Waals surface area contributed by atoms with Gasteiger partial charge < -0.3 is 9.64 Å². The molecule has 2 rings (SSSR count). The molecule has 0 saturated carbocycles. The molecular formula is C16H14BrClFNO2. The first-order valence-electron chi connectivity index (χ1n) is 6.45. The van der Waals surface area contributed by atoms with Crippen LogP contribution in [0.15, 0.2) is 40.9 Å². The minimum Gasteiger partial charge on any atom is -0.496 e. The molecule has 6 heteroatoms. The van der Waals surface area contributed by atoms with Gasteiger partial charge >= 0.3 is 0 Å². The van der Waals surface area contributed by atoms with Crippen LogP contribution in [-0.4, -0.2) is 25.0 Å². The zero-order valence-corrected chi connectivity index (χ0v) is 14.4. The molecule has 116 valence electrons. The summed E-state index contributed by atoms with van der Waals surface area (Å²) in [6.07, 6.45) is 0. The van der Waals surface area contributed by atoms with Gasteiger partial charge in [-0.05, 0) is 52.3 Å².